The predicted molar refractivity (Wildman–Crippen MR) is 86.5 cm³/mol. The Morgan fingerprint density at radius 2 is 1.55 bits per heavy atom. The topological polar surface area (TPSA) is 27.7 Å². The molecule has 0 saturated heterocycles. The molecule has 3 nitrogen and oxygen atoms in total. The summed E-state index contributed by atoms with van der Waals surface area (Å²) in [6.45, 7) is 2.22. The summed E-state index contributed by atoms with van der Waals surface area (Å²) in [7, 11) is 4.99. The number of ether oxygens (including phenoxy) is 3. The van der Waals surface area contributed by atoms with E-state index in [1.54, 1.807) is 21.3 Å². The molecule has 1 aromatic rings. The van der Waals surface area contributed by atoms with Crippen LogP contribution in [0.15, 0.2) is 12.1 Å². The summed E-state index contributed by atoms with van der Waals surface area (Å²) in [6.07, 6.45) is 6.07. The van der Waals surface area contributed by atoms with Gasteiger partial charge < -0.3 is 14.2 Å². The standard InChI is InChI=1S/C16H25BrO3/c1-5-6-7-8-9-13(17)16-14(19-3)10-12(18-2)11-15(16)20-4/h10-11,13H,5-9H2,1-4H3. The van der Waals surface area contributed by atoms with Gasteiger partial charge in [-0.2, -0.15) is 0 Å². The molecule has 1 atom stereocenters. The summed E-state index contributed by atoms with van der Waals surface area (Å²) in [5, 5.41) is 0. The average Bonchev–Trinajstić information content (AvgIpc) is 2.49. The van der Waals surface area contributed by atoms with Gasteiger partial charge in [0.15, 0.2) is 0 Å². The molecule has 0 saturated carbocycles. The van der Waals surface area contributed by atoms with Gasteiger partial charge in [0, 0.05) is 17.0 Å². The van der Waals surface area contributed by atoms with E-state index >= 15 is 0 Å². The third-order valence-electron chi connectivity index (χ3n) is 3.38. The number of rotatable bonds is 9. The summed E-state index contributed by atoms with van der Waals surface area (Å²) in [5.41, 5.74) is 1.06. The van der Waals surface area contributed by atoms with Crippen molar-refractivity contribution in [2.75, 3.05) is 21.3 Å². The van der Waals surface area contributed by atoms with Crippen LogP contribution in [0.1, 0.15) is 49.4 Å². The average molecular weight is 345 g/mol. The molecule has 0 aliphatic carbocycles. The fourth-order valence-corrected chi connectivity index (χ4v) is 3.01. The first-order valence-electron chi connectivity index (χ1n) is 7.11. The third kappa shape index (κ3) is 4.58. The van der Waals surface area contributed by atoms with Gasteiger partial charge in [-0.05, 0) is 6.42 Å². The van der Waals surface area contributed by atoms with Gasteiger partial charge in [0.1, 0.15) is 17.2 Å². The van der Waals surface area contributed by atoms with Crippen molar-refractivity contribution in [2.45, 2.75) is 43.9 Å². The Bertz CT molecular complexity index is 382. The zero-order chi connectivity index (χ0) is 15.0. The van der Waals surface area contributed by atoms with E-state index in [1.807, 2.05) is 12.1 Å². The number of unbranched alkanes of at least 4 members (excludes halogenated alkanes) is 3. The predicted octanol–water partition coefficient (Wildman–Crippen LogP) is 5.12. The number of hydrogen-bond acceptors (Lipinski definition) is 3. The molecule has 0 bridgehead atoms. The maximum atomic E-state index is 5.49. The van der Waals surface area contributed by atoms with Gasteiger partial charge in [0.05, 0.1) is 26.9 Å². The van der Waals surface area contributed by atoms with Crippen LogP contribution in [0.5, 0.6) is 17.2 Å². The minimum atomic E-state index is 0.232. The lowest BCUT2D eigenvalue weighted by Gasteiger charge is -2.19. The normalized spacial score (nSPS) is 12.1. The molecule has 1 unspecified atom stereocenters. The Labute approximate surface area is 130 Å². The molecule has 0 radical (unpaired) electrons. The Morgan fingerprint density at radius 1 is 0.950 bits per heavy atom. The molecule has 1 aromatic carbocycles. The molecule has 4 heteroatoms. The number of halogens is 1. The fourth-order valence-electron chi connectivity index (χ4n) is 2.24. The van der Waals surface area contributed by atoms with Crippen LogP contribution in [0.2, 0.25) is 0 Å². The van der Waals surface area contributed by atoms with Crippen LogP contribution in [0, 0.1) is 0 Å². The molecule has 20 heavy (non-hydrogen) atoms. The van der Waals surface area contributed by atoms with Gasteiger partial charge in [-0.15, -0.1) is 0 Å². The van der Waals surface area contributed by atoms with Crippen LogP contribution in [-0.2, 0) is 0 Å². The Hall–Kier alpha value is -0.900. The maximum absolute atomic E-state index is 5.49. The van der Waals surface area contributed by atoms with Crippen LogP contribution in [0.4, 0.5) is 0 Å². The third-order valence-corrected chi connectivity index (χ3v) is 4.29. The van der Waals surface area contributed by atoms with Gasteiger partial charge in [-0.1, -0.05) is 48.5 Å². The van der Waals surface area contributed by atoms with Crippen LogP contribution >= 0.6 is 15.9 Å². The first-order chi connectivity index (χ1) is 9.67. The van der Waals surface area contributed by atoms with Gasteiger partial charge in [0.2, 0.25) is 0 Å². The number of hydrogen-bond donors (Lipinski definition) is 0. The summed E-state index contributed by atoms with van der Waals surface area (Å²) in [5.74, 6) is 2.35. The zero-order valence-corrected chi connectivity index (χ0v) is 14.5. The maximum Gasteiger partial charge on any atom is 0.130 e. The monoisotopic (exact) mass is 344 g/mol. The van der Waals surface area contributed by atoms with E-state index in [0.717, 1.165) is 29.2 Å². The van der Waals surface area contributed by atoms with Crippen molar-refractivity contribution >= 4 is 15.9 Å². The minimum absolute atomic E-state index is 0.232. The van der Waals surface area contributed by atoms with Gasteiger partial charge in [-0.3, -0.25) is 0 Å². The fraction of sp³-hybridized carbons (Fsp3) is 0.625. The van der Waals surface area contributed by atoms with E-state index in [0.29, 0.717) is 0 Å². The molecular weight excluding hydrogens is 320 g/mol. The quantitative estimate of drug-likeness (QED) is 0.459. The molecule has 0 aliphatic rings. The second kappa shape index (κ2) is 9.11. The molecule has 0 N–H and O–H groups in total. The molecule has 0 fully saturated rings. The van der Waals surface area contributed by atoms with Crippen LogP contribution in [0.25, 0.3) is 0 Å². The highest BCUT2D eigenvalue weighted by atomic mass is 79.9. The second-order valence-corrected chi connectivity index (χ2v) is 5.87. The molecule has 0 spiro atoms. The van der Waals surface area contributed by atoms with E-state index in [-0.39, 0.29) is 4.83 Å². The first kappa shape index (κ1) is 17.2. The summed E-state index contributed by atoms with van der Waals surface area (Å²) in [6, 6.07) is 3.80. The summed E-state index contributed by atoms with van der Waals surface area (Å²) in [4.78, 5) is 0.232. The van der Waals surface area contributed by atoms with E-state index in [1.165, 1.54) is 25.7 Å². The highest BCUT2D eigenvalue weighted by Gasteiger charge is 2.20. The van der Waals surface area contributed by atoms with Crippen LogP contribution in [0.3, 0.4) is 0 Å². The molecular formula is C16H25BrO3. The summed E-state index contributed by atoms with van der Waals surface area (Å²) >= 11 is 3.77. The lowest BCUT2D eigenvalue weighted by Crippen LogP contribution is -2.01. The highest BCUT2D eigenvalue weighted by Crippen LogP contribution is 2.43. The van der Waals surface area contributed by atoms with Crippen LogP contribution in [-0.4, -0.2) is 21.3 Å². The zero-order valence-electron chi connectivity index (χ0n) is 12.9. The van der Waals surface area contributed by atoms with Crippen molar-refractivity contribution in [3.05, 3.63) is 17.7 Å². The molecule has 0 heterocycles. The van der Waals surface area contributed by atoms with Crippen molar-refractivity contribution in [3.63, 3.8) is 0 Å². The van der Waals surface area contributed by atoms with E-state index in [4.69, 9.17) is 14.2 Å². The van der Waals surface area contributed by atoms with Crippen molar-refractivity contribution in [1.82, 2.24) is 0 Å². The van der Waals surface area contributed by atoms with Crippen LogP contribution < -0.4 is 14.2 Å². The number of alkyl halides is 1. The molecule has 0 amide bonds. The summed E-state index contributed by atoms with van der Waals surface area (Å²) < 4.78 is 16.2. The Kier molecular flexibility index (Phi) is 7.82. The molecule has 0 aromatic heterocycles. The Morgan fingerprint density at radius 3 is 2.00 bits per heavy atom. The minimum Gasteiger partial charge on any atom is -0.496 e. The van der Waals surface area contributed by atoms with Gasteiger partial charge >= 0.3 is 0 Å². The van der Waals surface area contributed by atoms with Crippen molar-refractivity contribution < 1.29 is 14.2 Å². The molecule has 1 rings (SSSR count). The van der Waals surface area contributed by atoms with E-state index < -0.39 is 0 Å². The van der Waals surface area contributed by atoms with Crippen molar-refractivity contribution in [3.8, 4) is 17.2 Å². The lowest BCUT2D eigenvalue weighted by molar-refractivity contribution is 0.367. The van der Waals surface area contributed by atoms with E-state index in [2.05, 4.69) is 22.9 Å². The molecule has 0 aliphatic heterocycles. The van der Waals surface area contributed by atoms with Gasteiger partial charge in [-0.25, -0.2) is 0 Å². The SMILES string of the molecule is CCCCCCC(Br)c1c(OC)cc(OC)cc1OC. The van der Waals surface area contributed by atoms with E-state index in [9.17, 15) is 0 Å². The smallest absolute Gasteiger partial charge is 0.130 e. The van der Waals surface area contributed by atoms with Gasteiger partial charge in [0.25, 0.3) is 0 Å². The highest BCUT2D eigenvalue weighted by molar-refractivity contribution is 9.09. The first-order valence-corrected chi connectivity index (χ1v) is 8.03. The van der Waals surface area contributed by atoms with Crippen molar-refractivity contribution in [2.24, 2.45) is 0 Å². The largest absolute Gasteiger partial charge is 0.496 e. The van der Waals surface area contributed by atoms with Crippen molar-refractivity contribution in [1.29, 1.82) is 0 Å². The second-order valence-electron chi connectivity index (χ2n) is 4.76. The Balaban J connectivity index is 2.90. The lowest BCUT2D eigenvalue weighted by atomic mass is 10.0. The molecule has 114 valence electrons. The number of methoxy groups -OCH3 is 3. The number of benzene rings is 1.